The highest BCUT2D eigenvalue weighted by Crippen LogP contribution is 2.21. The summed E-state index contributed by atoms with van der Waals surface area (Å²) >= 11 is 0. The maximum absolute atomic E-state index is 11.7. The van der Waals surface area contributed by atoms with Gasteiger partial charge in [0, 0.05) is 26.7 Å². The fourth-order valence-electron chi connectivity index (χ4n) is 1.63. The third-order valence-corrected chi connectivity index (χ3v) is 3.14. The number of hydrogen-bond donors (Lipinski definition) is 2. The SMILES string of the molecule is C=C(C)CNC(=NCC(=O)N(C)C)NC(C)CCC(C)(C)C. The highest BCUT2D eigenvalue weighted by Gasteiger charge is 2.13. The van der Waals surface area contributed by atoms with Crippen molar-refractivity contribution in [2.24, 2.45) is 10.4 Å². The smallest absolute Gasteiger partial charge is 0.243 e. The summed E-state index contributed by atoms with van der Waals surface area (Å²) in [5.41, 5.74) is 1.34. The van der Waals surface area contributed by atoms with E-state index >= 15 is 0 Å². The van der Waals surface area contributed by atoms with Gasteiger partial charge >= 0.3 is 0 Å². The van der Waals surface area contributed by atoms with Gasteiger partial charge in [-0.1, -0.05) is 32.9 Å². The molecule has 0 aromatic heterocycles. The van der Waals surface area contributed by atoms with E-state index in [-0.39, 0.29) is 12.5 Å². The van der Waals surface area contributed by atoms with Crippen LogP contribution in [0.2, 0.25) is 0 Å². The zero-order valence-corrected chi connectivity index (χ0v) is 15.4. The van der Waals surface area contributed by atoms with E-state index in [1.807, 2.05) is 6.92 Å². The maximum Gasteiger partial charge on any atom is 0.243 e. The van der Waals surface area contributed by atoms with Crippen LogP contribution in [-0.4, -0.2) is 50.0 Å². The van der Waals surface area contributed by atoms with E-state index in [9.17, 15) is 4.79 Å². The van der Waals surface area contributed by atoms with Crippen LogP contribution < -0.4 is 10.6 Å². The number of carbonyl (C=O) groups excluding carboxylic acids is 1. The first-order valence-corrected chi connectivity index (χ1v) is 7.90. The lowest BCUT2D eigenvalue weighted by Crippen LogP contribution is -2.43. The lowest BCUT2D eigenvalue weighted by molar-refractivity contribution is -0.127. The van der Waals surface area contributed by atoms with E-state index in [1.54, 1.807) is 19.0 Å². The first-order chi connectivity index (χ1) is 10.0. The van der Waals surface area contributed by atoms with Crippen LogP contribution in [0.1, 0.15) is 47.5 Å². The van der Waals surface area contributed by atoms with Gasteiger partial charge in [-0.2, -0.15) is 0 Å². The van der Waals surface area contributed by atoms with Gasteiger partial charge in [0.1, 0.15) is 6.54 Å². The van der Waals surface area contributed by atoms with Crippen LogP contribution in [-0.2, 0) is 4.79 Å². The molecule has 1 amide bonds. The number of carbonyl (C=O) groups is 1. The van der Waals surface area contributed by atoms with E-state index in [1.165, 1.54) is 0 Å². The van der Waals surface area contributed by atoms with Gasteiger partial charge in [0.05, 0.1) is 0 Å². The predicted molar refractivity (Wildman–Crippen MR) is 95.1 cm³/mol. The molecule has 0 aromatic rings. The summed E-state index contributed by atoms with van der Waals surface area (Å²) in [7, 11) is 3.47. The predicted octanol–water partition coefficient (Wildman–Crippen LogP) is 2.40. The second kappa shape index (κ2) is 9.49. The molecule has 22 heavy (non-hydrogen) atoms. The molecular formula is C17H34N4O. The molecule has 2 N–H and O–H groups in total. The quantitative estimate of drug-likeness (QED) is 0.431. The first-order valence-electron chi connectivity index (χ1n) is 7.90. The minimum atomic E-state index is -0.0150. The van der Waals surface area contributed by atoms with E-state index in [0.29, 0.717) is 24.0 Å². The number of nitrogens with one attached hydrogen (secondary N) is 2. The van der Waals surface area contributed by atoms with Gasteiger partial charge in [-0.25, -0.2) is 4.99 Å². The zero-order valence-electron chi connectivity index (χ0n) is 15.4. The normalized spacial score (nSPS) is 13.5. The Morgan fingerprint density at radius 3 is 2.36 bits per heavy atom. The van der Waals surface area contributed by atoms with Crippen LogP contribution in [0.4, 0.5) is 0 Å². The van der Waals surface area contributed by atoms with Gasteiger partial charge in [0.15, 0.2) is 5.96 Å². The molecule has 0 bridgehead atoms. The molecule has 5 heteroatoms. The van der Waals surface area contributed by atoms with Gasteiger partial charge in [-0.3, -0.25) is 4.79 Å². The van der Waals surface area contributed by atoms with E-state index in [0.717, 1.165) is 18.4 Å². The van der Waals surface area contributed by atoms with Gasteiger partial charge in [0.2, 0.25) is 5.91 Å². The molecule has 0 spiro atoms. The van der Waals surface area contributed by atoms with Gasteiger partial charge in [-0.05, 0) is 32.1 Å². The Morgan fingerprint density at radius 1 is 1.32 bits per heavy atom. The molecule has 0 saturated carbocycles. The zero-order chi connectivity index (χ0) is 17.3. The van der Waals surface area contributed by atoms with Crippen molar-refractivity contribution in [3.63, 3.8) is 0 Å². The van der Waals surface area contributed by atoms with Crippen LogP contribution in [0.15, 0.2) is 17.1 Å². The van der Waals surface area contributed by atoms with Crippen LogP contribution in [0.25, 0.3) is 0 Å². The molecule has 0 rings (SSSR count). The fraction of sp³-hybridized carbons (Fsp3) is 0.765. The number of hydrogen-bond acceptors (Lipinski definition) is 2. The Balaban J connectivity index is 4.60. The molecule has 128 valence electrons. The molecule has 5 nitrogen and oxygen atoms in total. The van der Waals surface area contributed by atoms with Crippen molar-refractivity contribution in [2.45, 2.75) is 53.5 Å². The molecule has 0 radical (unpaired) electrons. The van der Waals surface area contributed by atoms with Crippen molar-refractivity contribution in [1.82, 2.24) is 15.5 Å². The minimum Gasteiger partial charge on any atom is -0.354 e. The monoisotopic (exact) mass is 310 g/mol. The van der Waals surface area contributed by atoms with Crippen molar-refractivity contribution >= 4 is 11.9 Å². The summed E-state index contributed by atoms with van der Waals surface area (Å²) in [6.07, 6.45) is 2.18. The van der Waals surface area contributed by atoms with Gasteiger partial charge < -0.3 is 15.5 Å². The molecule has 1 atom stereocenters. The van der Waals surface area contributed by atoms with E-state index < -0.39 is 0 Å². The van der Waals surface area contributed by atoms with E-state index in [4.69, 9.17) is 0 Å². The highest BCUT2D eigenvalue weighted by molar-refractivity contribution is 5.85. The molecule has 0 fully saturated rings. The molecule has 0 aliphatic carbocycles. The lowest BCUT2D eigenvalue weighted by atomic mass is 9.89. The average Bonchev–Trinajstić information content (AvgIpc) is 2.38. The second-order valence-corrected chi connectivity index (χ2v) is 7.41. The Labute approximate surface area is 136 Å². The summed E-state index contributed by atoms with van der Waals surface area (Å²) in [5, 5.41) is 6.58. The Hall–Kier alpha value is -1.52. The van der Waals surface area contributed by atoms with Gasteiger partial charge in [0.25, 0.3) is 0 Å². The number of guanidine groups is 1. The number of aliphatic imine (C=N–C) groups is 1. The second-order valence-electron chi connectivity index (χ2n) is 7.41. The Kier molecular flexibility index (Phi) is 8.83. The molecule has 0 aliphatic rings. The largest absolute Gasteiger partial charge is 0.354 e. The molecule has 0 aromatic carbocycles. The van der Waals surface area contributed by atoms with Crippen LogP contribution >= 0.6 is 0 Å². The van der Waals surface area contributed by atoms with Crippen LogP contribution in [0, 0.1) is 5.41 Å². The van der Waals surface area contributed by atoms with Crippen molar-refractivity contribution in [1.29, 1.82) is 0 Å². The summed E-state index contributed by atoms with van der Waals surface area (Å²) in [6, 6.07) is 0.296. The number of nitrogens with zero attached hydrogens (tertiary/aromatic N) is 2. The molecule has 0 heterocycles. The summed E-state index contributed by atoms with van der Waals surface area (Å²) in [4.78, 5) is 17.6. The van der Waals surface area contributed by atoms with E-state index in [2.05, 4.69) is 49.9 Å². The third-order valence-electron chi connectivity index (χ3n) is 3.14. The van der Waals surface area contributed by atoms with Crippen molar-refractivity contribution < 1.29 is 4.79 Å². The molecule has 0 aliphatic heterocycles. The van der Waals surface area contributed by atoms with Crippen molar-refractivity contribution in [3.8, 4) is 0 Å². The highest BCUT2D eigenvalue weighted by atomic mass is 16.2. The summed E-state index contributed by atoms with van der Waals surface area (Å²) in [5.74, 6) is 0.651. The van der Waals surface area contributed by atoms with Crippen molar-refractivity contribution in [3.05, 3.63) is 12.2 Å². The molecule has 1 unspecified atom stereocenters. The van der Waals surface area contributed by atoms with Gasteiger partial charge in [-0.15, -0.1) is 0 Å². The fourth-order valence-corrected chi connectivity index (χ4v) is 1.63. The minimum absolute atomic E-state index is 0.0150. The number of rotatable bonds is 7. The Bertz CT molecular complexity index is 394. The maximum atomic E-state index is 11.7. The first kappa shape index (κ1) is 20.5. The lowest BCUT2D eigenvalue weighted by Gasteiger charge is -2.23. The van der Waals surface area contributed by atoms with Crippen LogP contribution in [0.5, 0.6) is 0 Å². The number of amides is 1. The van der Waals surface area contributed by atoms with Crippen molar-refractivity contribution in [2.75, 3.05) is 27.2 Å². The third kappa shape index (κ3) is 11.2. The van der Waals surface area contributed by atoms with Crippen LogP contribution in [0.3, 0.4) is 0 Å². The molecule has 0 saturated heterocycles. The number of likely N-dealkylation sites (N-methyl/N-ethyl adjacent to an activating group) is 1. The standard InChI is InChI=1S/C17H34N4O/c1-13(2)11-18-16(19-12-15(22)21(7)8)20-14(3)9-10-17(4,5)6/h14H,1,9-12H2,2-8H3,(H2,18,19,20). The summed E-state index contributed by atoms with van der Waals surface area (Å²) < 4.78 is 0. The molecular weight excluding hydrogens is 276 g/mol. The summed E-state index contributed by atoms with van der Waals surface area (Å²) in [6.45, 7) is 15.5. The average molecular weight is 310 g/mol. The Morgan fingerprint density at radius 2 is 1.91 bits per heavy atom. The topological polar surface area (TPSA) is 56.7 Å².